The highest BCUT2D eigenvalue weighted by Crippen LogP contribution is 2.20. The molecule has 0 aliphatic heterocycles. The number of anilines is 1. The van der Waals surface area contributed by atoms with Crippen LogP contribution in [0, 0.1) is 18.3 Å². The topological polar surface area (TPSA) is 101 Å². The number of hydrogen-bond acceptors (Lipinski definition) is 7. The van der Waals surface area contributed by atoms with Gasteiger partial charge in [-0.1, -0.05) is 11.6 Å². The largest absolute Gasteiger partial charge is 0.487 e. The smallest absolute Gasteiger partial charge is 0.338 e. The maximum atomic E-state index is 12.1. The van der Waals surface area contributed by atoms with Crippen molar-refractivity contribution in [3.63, 3.8) is 0 Å². The molecule has 0 bridgehead atoms. The summed E-state index contributed by atoms with van der Waals surface area (Å²) < 4.78 is 10.7. The lowest BCUT2D eigenvalue weighted by molar-refractivity contribution is -0.119. The second-order valence-corrected chi connectivity index (χ2v) is 7.57. The van der Waals surface area contributed by atoms with Gasteiger partial charge in [0.05, 0.1) is 26.9 Å². The highest BCUT2D eigenvalue weighted by molar-refractivity contribution is 7.09. The Labute approximate surface area is 181 Å². The van der Waals surface area contributed by atoms with Gasteiger partial charge in [-0.3, -0.25) is 4.79 Å². The van der Waals surface area contributed by atoms with Crippen LogP contribution >= 0.6 is 22.9 Å². The molecule has 30 heavy (non-hydrogen) atoms. The van der Waals surface area contributed by atoms with Gasteiger partial charge >= 0.3 is 5.97 Å². The zero-order chi connectivity index (χ0) is 21.5. The first kappa shape index (κ1) is 21.3. The van der Waals surface area contributed by atoms with E-state index in [4.69, 9.17) is 26.3 Å². The number of aromatic nitrogens is 1. The van der Waals surface area contributed by atoms with Crippen LogP contribution in [0.4, 0.5) is 5.69 Å². The van der Waals surface area contributed by atoms with Gasteiger partial charge in [0.1, 0.15) is 18.4 Å². The van der Waals surface area contributed by atoms with E-state index < -0.39 is 18.5 Å². The summed E-state index contributed by atoms with van der Waals surface area (Å²) in [5, 5.41) is 14.5. The summed E-state index contributed by atoms with van der Waals surface area (Å²) >= 11 is 7.47. The van der Waals surface area contributed by atoms with E-state index in [9.17, 15) is 9.59 Å². The van der Waals surface area contributed by atoms with Crippen LogP contribution in [0.25, 0.3) is 0 Å². The number of nitriles is 1. The highest BCUT2D eigenvalue weighted by Gasteiger charge is 2.11. The van der Waals surface area contributed by atoms with E-state index in [2.05, 4.69) is 10.3 Å². The third kappa shape index (κ3) is 5.80. The summed E-state index contributed by atoms with van der Waals surface area (Å²) in [5.74, 6) is -0.569. The molecule has 0 saturated heterocycles. The van der Waals surface area contributed by atoms with Crippen LogP contribution in [0.2, 0.25) is 5.02 Å². The minimum absolute atomic E-state index is 0.222. The van der Waals surface area contributed by atoms with Gasteiger partial charge in [0, 0.05) is 11.1 Å². The lowest BCUT2D eigenvalue weighted by atomic mass is 10.2. The van der Waals surface area contributed by atoms with Crippen molar-refractivity contribution in [3.05, 3.63) is 74.7 Å². The fraction of sp³-hybridized carbons (Fsp3) is 0.143. The summed E-state index contributed by atoms with van der Waals surface area (Å²) in [6.07, 6.45) is 0. The molecule has 3 aromatic rings. The number of rotatable bonds is 7. The maximum absolute atomic E-state index is 12.1. The van der Waals surface area contributed by atoms with Crippen LogP contribution in [0.5, 0.6) is 5.75 Å². The minimum atomic E-state index is -0.635. The van der Waals surface area contributed by atoms with E-state index >= 15 is 0 Å². The first-order valence-corrected chi connectivity index (χ1v) is 10.0. The third-order valence-corrected chi connectivity index (χ3v) is 4.99. The molecule has 0 unspecified atom stereocenters. The van der Waals surface area contributed by atoms with E-state index in [0.29, 0.717) is 29.2 Å². The van der Waals surface area contributed by atoms with Gasteiger partial charge in [0.15, 0.2) is 6.61 Å². The summed E-state index contributed by atoms with van der Waals surface area (Å²) in [6, 6.07) is 12.8. The van der Waals surface area contributed by atoms with Crippen molar-refractivity contribution < 1.29 is 19.1 Å². The fourth-order valence-corrected chi connectivity index (χ4v) is 3.23. The van der Waals surface area contributed by atoms with Gasteiger partial charge in [0.25, 0.3) is 5.91 Å². The second kappa shape index (κ2) is 9.87. The lowest BCUT2D eigenvalue weighted by Gasteiger charge is -2.08. The Morgan fingerprint density at radius 1 is 1.23 bits per heavy atom. The predicted octanol–water partition coefficient (Wildman–Crippen LogP) is 4.35. The highest BCUT2D eigenvalue weighted by atomic mass is 35.5. The molecule has 7 nitrogen and oxygen atoms in total. The Morgan fingerprint density at radius 3 is 2.63 bits per heavy atom. The number of benzene rings is 2. The van der Waals surface area contributed by atoms with E-state index in [1.165, 1.54) is 18.2 Å². The molecule has 2 aromatic carbocycles. The molecule has 1 amide bonds. The molecule has 3 rings (SSSR count). The number of ether oxygens (including phenoxy) is 2. The molecular weight excluding hydrogens is 426 g/mol. The van der Waals surface area contributed by atoms with Crippen molar-refractivity contribution in [1.29, 1.82) is 5.26 Å². The van der Waals surface area contributed by atoms with E-state index in [-0.39, 0.29) is 5.02 Å². The van der Waals surface area contributed by atoms with E-state index in [1.807, 2.05) is 18.4 Å². The summed E-state index contributed by atoms with van der Waals surface area (Å²) in [5.41, 5.74) is 1.84. The van der Waals surface area contributed by atoms with Crippen LogP contribution in [0.15, 0.2) is 47.8 Å². The molecule has 0 aliphatic rings. The SMILES string of the molecule is Cc1nc(COc2ccc(C(=O)OCC(=O)Nc3ccc(C#N)c(Cl)c3)cc2)cs1. The molecule has 0 aliphatic carbocycles. The maximum Gasteiger partial charge on any atom is 0.338 e. The number of esters is 1. The molecule has 1 heterocycles. The second-order valence-electron chi connectivity index (χ2n) is 6.10. The van der Waals surface area contributed by atoms with Crippen molar-refractivity contribution in [2.24, 2.45) is 0 Å². The first-order valence-electron chi connectivity index (χ1n) is 8.75. The van der Waals surface area contributed by atoms with Crippen molar-refractivity contribution in [2.45, 2.75) is 13.5 Å². The third-order valence-electron chi connectivity index (χ3n) is 3.85. The van der Waals surface area contributed by atoms with Crippen molar-refractivity contribution in [2.75, 3.05) is 11.9 Å². The predicted molar refractivity (Wildman–Crippen MR) is 113 cm³/mol. The minimum Gasteiger partial charge on any atom is -0.487 e. The van der Waals surface area contributed by atoms with Crippen LogP contribution in [0.3, 0.4) is 0 Å². The number of aryl methyl sites for hydroxylation is 1. The Hall–Kier alpha value is -3.41. The van der Waals surface area contributed by atoms with Crippen LogP contribution in [0.1, 0.15) is 26.6 Å². The molecule has 0 saturated carbocycles. The summed E-state index contributed by atoms with van der Waals surface area (Å²) in [4.78, 5) is 28.4. The fourth-order valence-electron chi connectivity index (χ4n) is 2.41. The number of nitrogens with one attached hydrogen (secondary N) is 1. The van der Waals surface area contributed by atoms with Gasteiger partial charge in [-0.15, -0.1) is 11.3 Å². The molecular formula is C21H16ClN3O4S. The van der Waals surface area contributed by atoms with Gasteiger partial charge in [-0.2, -0.15) is 5.26 Å². The van der Waals surface area contributed by atoms with Crippen LogP contribution in [-0.2, 0) is 16.1 Å². The number of hydrogen-bond donors (Lipinski definition) is 1. The van der Waals surface area contributed by atoms with E-state index in [0.717, 1.165) is 10.7 Å². The molecule has 1 N–H and O–H groups in total. The van der Waals surface area contributed by atoms with Crippen LogP contribution < -0.4 is 10.1 Å². The molecule has 0 atom stereocenters. The average Bonchev–Trinajstić information content (AvgIpc) is 3.16. The standard InChI is InChI=1S/C21H16ClN3O4S/c1-13-24-17(12-30-13)10-28-18-6-3-14(4-7-18)21(27)29-11-20(26)25-16-5-2-15(9-23)19(22)8-16/h2-8,12H,10-11H2,1H3,(H,25,26). The number of halogens is 1. The first-order chi connectivity index (χ1) is 14.4. The molecule has 1 aromatic heterocycles. The Bertz CT molecular complexity index is 1110. The number of thiazole rings is 1. The Morgan fingerprint density at radius 2 is 2.00 bits per heavy atom. The molecule has 0 spiro atoms. The molecule has 9 heteroatoms. The quantitative estimate of drug-likeness (QED) is 0.547. The van der Waals surface area contributed by atoms with Crippen molar-refractivity contribution >= 4 is 40.5 Å². The molecule has 0 fully saturated rings. The van der Waals surface area contributed by atoms with Crippen LogP contribution in [-0.4, -0.2) is 23.5 Å². The van der Waals surface area contributed by atoms with Gasteiger partial charge < -0.3 is 14.8 Å². The Kier molecular flexibility index (Phi) is 7.01. The normalized spacial score (nSPS) is 10.2. The van der Waals surface area contributed by atoms with Crippen molar-refractivity contribution in [1.82, 2.24) is 4.98 Å². The van der Waals surface area contributed by atoms with Gasteiger partial charge in [-0.25, -0.2) is 9.78 Å². The summed E-state index contributed by atoms with van der Waals surface area (Å²) in [6.45, 7) is 1.81. The van der Waals surface area contributed by atoms with E-state index in [1.54, 1.807) is 35.6 Å². The number of carbonyl (C=O) groups is 2. The Balaban J connectivity index is 1.47. The van der Waals surface area contributed by atoms with Gasteiger partial charge in [0.2, 0.25) is 0 Å². The lowest BCUT2D eigenvalue weighted by Crippen LogP contribution is -2.20. The summed E-state index contributed by atoms with van der Waals surface area (Å²) in [7, 11) is 0. The molecule has 0 radical (unpaired) electrons. The zero-order valence-corrected chi connectivity index (χ0v) is 17.4. The molecule has 152 valence electrons. The monoisotopic (exact) mass is 441 g/mol. The number of nitrogens with zero attached hydrogens (tertiary/aromatic N) is 2. The number of amides is 1. The van der Waals surface area contributed by atoms with Crippen molar-refractivity contribution in [3.8, 4) is 11.8 Å². The van der Waals surface area contributed by atoms with Gasteiger partial charge in [-0.05, 0) is 49.4 Å². The number of carbonyl (C=O) groups excluding carboxylic acids is 2. The zero-order valence-electron chi connectivity index (χ0n) is 15.8. The average molecular weight is 442 g/mol.